The fourth-order valence-electron chi connectivity index (χ4n) is 4.09. The number of piperidine rings is 2. The standard InChI is InChI=1S/C20H21FN4O2/c21-15-3-5-16(6-4-15)25-12-1-7-20(19(25)27)8-13-24(14-9-20)18(26)17-22-10-2-11-23-17/h2-6,10-11H,1,7-9,12-14H2. The Morgan fingerprint density at radius 2 is 1.67 bits per heavy atom. The summed E-state index contributed by atoms with van der Waals surface area (Å²) < 4.78 is 13.2. The van der Waals surface area contributed by atoms with E-state index in [9.17, 15) is 14.0 Å². The maximum absolute atomic E-state index is 13.2. The van der Waals surface area contributed by atoms with Crippen LogP contribution in [-0.2, 0) is 4.79 Å². The number of hydrogen-bond donors (Lipinski definition) is 0. The summed E-state index contributed by atoms with van der Waals surface area (Å²) in [6.45, 7) is 1.67. The van der Waals surface area contributed by atoms with Gasteiger partial charge in [-0.15, -0.1) is 0 Å². The van der Waals surface area contributed by atoms with Crippen LogP contribution in [-0.4, -0.2) is 46.3 Å². The van der Waals surface area contributed by atoms with Crippen molar-refractivity contribution in [2.45, 2.75) is 25.7 Å². The Labute approximate surface area is 157 Å². The maximum Gasteiger partial charge on any atom is 0.291 e. The summed E-state index contributed by atoms with van der Waals surface area (Å²) >= 11 is 0. The molecule has 1 aromatic heterocycles. The predicted molar refractivity (Wildman–Crippen MR) is 97.6 cm³/mol. The zero-order valence-corrected chi connectivity index (χ0v) is 15.0. The van der Waals surface area contributed by atoms with E-state index >= 15 is 0 Å². The quantitative estimate of drug-likeness (QED) is 0.817. The highest BCUT2D eigenvalue weighted by molar-refractivity contribution is 5.98. The molecule has 0 bridgehead atoms. The van der Waals surface area contributed by atoms with Crippen molar-refractivity contribution < 1.29 is 14.0 Å². The summed E-state index contributed by atoms with van der Waals surface area (Å²) in [7, 11) is 0. The number of likely N-dealkylation sites (tertiary alicyclic amines) is 1. The first-order chi connectivity index (χ1) is 13.1. The fraction of sp³-hybridized carbons (Fsp3) is 0.400. The van der Waals surface area contributed by atoms with Crippen molar-refractivity contribution >= 4 is 17.5 Å². The average molecular weight is 368 g/mol. The fourth-order valence-corrected chi connectivity index (χ4v) is 4.09. The van der Waals surface area contributed by atoms with E-state index in [1.165, 1.54) is 12.1 Å². The van der Waals surface area contributed by atoms with E-state index in [0.717, 1.165) is 18.5 Å². The van der Waals surface area contributed by atoms with Crippen molar-refractivity contribution in [3.05, 3.63) is 54.4 Å². The molecule has 2 amide bonds. The molecule has 140 valence electrons. The topological polar surface area (TPSA) is 66.4 Å². The van der Waals surface area contributed by atoms with Crippen LogP contribution in [0.15, 0.2) is 42.7 Å². The molecule has 4 rings (SSSR count). The van der Waals surface area contributed by atoms with E-state index in [4.69, 9.17) is 0 Å². The van der Waals surface area contributed by atoms with Gasteiger partial charge >= 0.3 is 0 Å². The lowest BCUT2D eigenvalue weighted by molar-refractivity contribution is -0.133. The molecule has 0 unspecified atom stereocenters. The molecular formula is C20H21FN4O2. The molecule has 2 aliphatic heterocycles. The van der Waals surface area contributed by atoms with E-state index in [1.807, 2.05) is 0 Å². The number of benzene rings is 1. The lowest BCUT2D eigenvalue weighted by atomic mass is 9.71. The summed E-state index contributed by atoms with van der Waals surface area (Å²) in [5, 5.41) is 0. The summed E-state index contributed by atoms with van der Waals surface area (Å²) in [6, 6.07) is 7.73. The number of halogens is 1. The second-order valence-corrected chi connectivity index (χ2v) is 7.18. The molecule has 2 fully saturated rings. The summed E-state index contributed by atoms with van der Waals surface area (Å²) in [4.78, 5) is 37.3. The zero-order valence-electron chi connectivity index (χ0n) is 15.0. The van der Waals surface area contributed by atoms with Crippen LogP contribution in [0.4, 0.5) is 10.1 Å². The minimum absolute atomic E-state index is 0.0865. The molecule has 2 aromatic rings. The smallest absolute Gasteiger partial charge is 0.291 e. The monoisotopic (exact) mass is 368 g/mol. The average Bonchev–Trinajstić information content (AvgIpc) is 2.72. The number of amides is 2. The van der Waals surface area contributed by atoms with Gasteiger partial charge in [-0.25, -0.2) is 14.4 Å². The number of carbonyl (C=O) groups excluding carboxylic acids is 2. The third-order valence-electron chi connectivity index (χ3n) is 5.64. The van der Waals surface area contributed by atoms with Crippen LogP contribution in [0.1, 0.15) is 36.3 Å². The molecule has 0 saturated carbocycles. The van der Waals surface area contributed by atoms with Crippen molar-refractivity contribution in [3.8, 4) is 0 Å². The van der Waals surface area contributed by atoms with Gasteiger partial charge in [-0.3, -0.25) is 9.59 Å². The summed E-state index contributed by atoms with van der Waals surface area (Å²) in [6.07, 6.45) is 6.09. The first-order valence-electron chi connectivity index (χ1n) is 9.23. The molecule has 7 heteroatoms. The lowest BCUT2D eigenvalue weighted by Gasteiger charge is -2.46. The lowest BCUT2D eigenvalue weighted by Crippen LogP contribution is -2.54. The predicted octanol–water partition coefficient (Wildman–Crippen LogP) is 2.67. The maximum atomic E-state index is 13.2. The van der Waals surface area contributed by atoms with Gasteiger partial charge in [0.05, 0.1) is 5.41 Å². The number of rotatable bonds is 2. The molecule has 1 aromatic carbocycles. The van der Waals surface area contributed by atoms with Crippen LogP contribution in [0.2, 0.25) is 0 Å². The van der Waals surface area contributed by atoms with Gasteiger partial charge in [0.1, 0.15) is 5.82 Å². The third-order valence-corrected chi connectivity index (χ3v) is 5.64. The second-order valence-electron chi connectivity index (χ2n) is 7.18. The highest BCUT2D eigenvalue weighted by Crippen LogP contribution is 2.42. The van der Waals surface area contributed by atoms with E-state index in [0.29, 0.717) is 32.5 Å². The highest BCUT2D eigenvalue weighted by atomic mass is 19.1. The summed E-state index contributed by atoms with van der Waals surface area (Å²) in [5.41, 5.74) is 0.290. The SMILES string of the molecule is O=C(c1ncccn1)N1CCC2(CCCN(c3ccc(F)cc3)C2=O)CC1. The second kappa shape index (κ2) is 7.06. The first kappa shape index (κ1) is 17.6. The number of hydrogen-bond acceptors (Lipinski definition) is 4. The molecule has 6 nitrogen and oxygen atoms in total. The minimum Gasteiger partial charge on any atom is -0.336 e. The van der Waals surface area contributed by atoms with E-state index in [1.54, 1.807) is 40.4 Å². The molecule has 3 heterocycles. The molecule has 27 heavy (non-hydrogen) atoms. The molecule has 0 radical (unpaired) electrons. The molecule has 2 saturated heterocycles. The Morgan fingerprint density at radius 1 is 1.00 bits per heavy atom. The van der Waals surface area contributed by atoms with Gasteiger partial charge in [-0.1, -0.05) is 0 Å². The minimum atomic E-state index is -0.443. The van der Waals surface area contributed by atoms with Crippen LogP contribution in [0.3, 0.4) is 0 Å². The third kappa shape index (κ3) is 3.29. The number of nitrogens with zero attached hydrogens (tertiary/aromatic N) is 4. The van der Waals surface area contributed by atoms with E-state index in [-0.39, 0.29) is 23.5 Å². The zero-order chi connectivity index (χ0) is 18.9. The Kier molecular flexibility index (Phi) is 4.59. The van der Waals surface area contributed by atoms with Gasteiger partial charge in [0.2, 0.25) is 11.7 Å². The molecule has 2 aliphatic rings. The van der Waals surface area contributed by atoms with Crippen LogP contribution in [0.25, 0.3) is 0 Å². The molecule has 0 N–H and O–H groups in total. The molecule has 0 aliphatic carbocycles. The van der Waals surface area contributed by atoms with Gasteiger partial charge < -0.3 is 9.80 Å². The van der Waals surface area contributed by atoms with Gasteiger partial charge in [-0.2, -0.15) is 0 Å². The number of carbonyl (C=O) groups is 2. The van der Waals surface area contributed by atoms with Crippen LogP contribution >= 0.6 is 0 Å². The van der Waals surface area contributed by atoms with E-state index in [2.05, 4.69) is 9.97 Å². The Bertz CT molecular complexity index is 833. The Balaban J connectivity index is 1.47. The Hall–Kier alpha value is -2.83. The van der Waals surface area contributed by atoms with Gasteiger partial charge in [0.15, 0.2) is 0 Å². The molecule has 0 atom stereocenters. The first-order valence-corrected chi connectivity index (χ1v) is 9.23. The number of anilines is 1. The van der Waals surface area contributed by atoms with Crippen molar-refractivity contribution in [1.82, 2.24) is 14.9 Å². The van der Waals surface area contributed by atoms with Crippen LogP contribution in [0, 0.1) is 11.2 Å². The van der Waals surface area contributed by atoms with Crippen LogP contribution in [0.5, 0.6) is 0 Å². The molecular weight excluding hydrogens is 347 g/mol. The van der Waals surface area contributed by atoms with Gasteiger partial charge in [0.25, 0.3) is 5.91 Å². The largest absolute Gasteiger partial charge is 0.336 e. The van der Waals surface area contributed by atoms with Crippen molar-refractivity contribution in [3.63, 3.8) is 0 Å². The van der Waals surface area contributed by atoms with Gasteiger partial charge in [0, 0.05) is 37.7 Å². The van der Waals surface area contributed by atoms with Crippen molar-refractivity contribution in [1.29, 1.82) is 0 Å². The van der Waals surface area contributed by atoms with Crippen LogP contribution < -0.4 is 4.90 Å². The van der Waals surface area contributed by atoms with E-state index < -0.39 is 5.41 Å². The Morgan fingerprint density at radius 3 is 2.33 bits per heavy atom. The van der Waals surface area contributed by atoms with Crippen molar-refractivity contribution in [2.24, 2.45) is 5.41 Å². The van der Waals surface area contributed by atoms with Gasteiger partial charge in [-0.05, 0) is 56.0 Å². The summed E-state index contributed by atoms with van der Waals surface area (Å²) in [5.74, 6) is -0.225. The normalized spacial score (nSPS) is 19.4. The number of aromatic nitrogens is 2. The van der Waals surface area contributed by atoms with Crippen molar-refractivity contribution in [2.75, 3.05) is 24.5 Å². The highest BCUT2D eigenvalue weighted by Gasteiger charge is 2.46. The molecule has 1 spiro atoms.